The zero-order chi connectivity index (χ0) is 7.33. The zero-order valence-corrected chi connectivity index (χ0v) is 12.3. The molecule has 2 nitrogen and oxygen atoms in total. The third kappa shape index (κ3) is 6.16. The summed E-state index contributed by atoms with van der Waals surface area (Å²) in [6, 6.07) is 0. The fourth-order valence-corrected chi connectivity index (χ4v) is 10.6. The van der Waals surface area contributed by atoms with Gasteiger partial charge in [-0.2, -0.15) is 0 Å². The molecule has 0 aromatic heterocycles. The normalized spacial score (nSPS) is 12.0. The Morgan fingerprint density at radius 1 is 1.11 bits per heavy atom. The third-order valence-corrected chi connectivity index (χ3v) is 12.6. The molecule has 0 bridgehead atoms. The van der Waals surface area contributed by atoms with Crippen LogP contribution in [0.25, 0.3) is 0 Å². The van der Waals surface area contributed by atoms with E-state index in [9.17, 15) is 0 Å². The second kappa shape index (κ2) is 5.41. The number of rotatable bonds is 4. The van der Waals surface area contributed by atoms with Gasteiger partial charge in [-0.05, 0) is 0 Å². The standard InChI is InChI=1S/2C2H5O.2BrH.Hf/c2*1-2-3;;;/h2*2H2,1H3;2*1H;/q2*-1;;;+4/p-2. The molecule has 0 aromatic carbocycles. The Hall–Kier alpha value is 1.75. The fourth-order valence-electron chi connectivity index (χ4n) is 0.378. The molecular formula is C4H10Br2HfO2. The predicted octanol–water partition coefficient (Wildman–Crippen LogP) is 2.66. The molecule has 0 aliphatic heterocycles. The van der Waals surface area contributed by atoms with Crippen LogP contribution in [-0.2, 0) is 21.9 Å². The first-order valence-corrected chi connectivity index (χ1v) is 21.4. The number of hydrogen-bond donors (Lipinski definition) is 0. The first-order chi connectivity index (χ1) is 4.12. The van der Waals surface area contributed by atoms with E-state index in [1.165, 1.54) is 0 Å². The van der Waals surface area contributed by atoms with E-state index in [2.05, 4.69) is 24.6 Å². The Labute approximate surface area is 72.8 Å². The summed E-state index contributed by atoms with van der Waals surface area (Å²) >= 11 is 3.93. The molecule has 0 amide bonds. The Kier molecular flexibility index (Phi) is 6.46. The van der Waals surface area contributed by atoms with E-state index in [-0.39, 0.29) is 0 Å². The minimum atomic E-state index is -2.86. The molecule has 0 unspecified atom stereocenters. The van der Waals surface area contributed by atoms with Gasteiger partial charge in [-0.1, -0.05) is 0 Å². The second-order valence-corrected chi connectivity index (χ2v) is 32.5. The minimum absolute atomic E-state index is 0.706. The van der Waals surface area contributed by atoms with Gasteiger partial charge in [-0.25, -0.2) is 0 Å². The van der Waals surface area contributed by atoms with Crippen LogP contribution < -0.4 is 0 Å². The maximum atomic E-state index is 5.30. The molecule has 56 valence electrons. The van der Waals surface area contributed by atoms with Crippen molar-refractivity contribution < 1.29 is 21.9 Å². The molecule has 0 aromatic rings. The van der Waals surface area contributed by atoms with Crippen molar-refractivity contribution in [3.63, 3.8) is 0 Å². The molecule has 0 saturated heterocycles. The molecule has 0 aliphatic carbocycles. The Morgan fingerprint density at radius 2 is 1.44 bits per heavy atom. The van der Waals surface area contributed by atoms with Crippen molar-refractivity contribution in [2.75, 3.05) is 13.2 Å². The topological polar surface area (TPSA) is 18.5 Å². The SMILES string of the molecule is CC[O][Hf]([Br])([Br])[O]CC. The Morgan fingerprint density at radius 3 is 1.67 bits per heavy atom. The van der Waals surface area contributed by atoms with Gasteiger partial charge in [0, 0.05) is 0 Å². The molecule has 0 N–H and O–H groups in total. The van der Waals surface area contributed by atoms with E-state index in [1.807, 2.05) is 13.8 Å². The molecular weight excluding hydrogens is 418 g/mol. The van der Waals surface area contributed by atoms with E-state index >= 15 is 0 Å². The monoisotopic (exact) mass is 428 g/mol. The summed E-state index contributed by atoms with van der Waals surface area (Å²) in [6.45, 7) is 5.32. The molecule has 0 saturated carbocycles. The molecule has 9 heavy (non-hydrogen) atoms. The first-order valence-electron chi connectivity index (χ1n) is 2.78. The van der Waals surface area contributed by atoms with Gasteiger partial charge in [0.25, 0.3) is 0 Å². The summed E-state index contributed by atoms with van der Waals surface area (Å²) in [5.41, 5.74) is 0. The maximum absolute atomic E-state index is 5.30. The van der Waals surface area contributed by atoms with Crippen molar-refractivity contribution in [3.05, 3.63) is 0 Å². The quantitative estimate of drug-likeness (QED) is 0.642. The average molecular weight is 428 g/mol. The Balaban J connectivity index is 3.43. The van der Waals surface area contributed by atoms with Crippen LogP contribution >= 0.6 is 24.6 Å². The second-order valence-electron chi connectivity index (χ2n) is 1.33. The molecule has 0 atom stereocenters. The van der Waals surface area contributed by atoms with Crippen LogP contribution in [0, 0.1) is 0 Å². The van der Waals surface area contributed by atoms with Crippen LogP contribution in [0.3, 0.4) is 0 Å². The van der Waals surface area contributed by atoms with E-state index < -0.39 is 16.2 Å². The predicted molar refractivity (Wildman–Crippen MR) is 41.1 cm³/mol. The number of halogens is 2. The molecule has 0 aliphatic rings. The van der Waals surface area contributed by atoms with Crippen LogP contribution in [0.15, 0.2) is 0 Å². The molecule has 0 fully saturated rings. The van der Waals surface area contributed by atoms with E-state index in [0.29, 0.717) is 13.2 Å². The van der Waals surface area contributed by atoms with Crippen LogP contribution in [0.5, 0.6) is 0 Å². The van der Waals surface area contributed by atoms with Gasteiger partial charge in [0.1, 0.15) is 0 Å². The van der Waals surface area contributed by atoms with Crippen molar-refractivity contribution in [3.8, 4) is 0 Å². The average Bonchev–Trinajstić information content (AvgIpc) is 1.64. The van der Waals surface area contributed by atoms with Gasteiger partial charge in [-0.3, -0.25) is 0 Å². The van der Waals surface area contributed by atoms with Crippen molar-refractivity contribution in [1.29, 1.82) is 0 Å². The summed E-state index contributed by atoms with van der Waals surface area (Å²) in [4.78, 5) is 0. The molecule has 0 spiro atoms. The fraction of sp³-hybridized carbons (Fsp3) is 1.00. The van der Waals surface area contributed by atoms with Gasteiger partial charge >= 0.3 is 73.5 Å². The van der Waals surface area contributed by atoms with Crippen molar-refractivity contribution >= 4 is 24.6 Å². The summed E-state index contributed by atoms with van der Waals surface area (Å²) in [5, 5.41) is 0. The van der Waals surface area contributed by atoms with Gasteiger partial charge in [0.2, 0.25) is 0 Å². The zero-order valence-electron chi connectivity index (χ0n) is 5.49. The van der Waals surface area contributed by atoms with E-state index in [0.717, 1.165) is 0 Å². The summed E-state index contributed by atoms with van der Waals surface area (Å²) in [7, 11) is 0. The van der Waals surface area contributed by atoms with Crippen molar-refractivity contribution in [1.82, 2.24) is 0 Å². The summed E-state index contributed by atoms with van der Waals surface area (Å²) < 4.78 is 10.6. The van der Waals surface area contributed by atoms with E-state index in [4.69, 9.17) is 5.71 Å². The van der Waals surface area contributed by atoms with Gasteiger partial charge in [0.15, 0.2) is 0 Å². The van der Waals surface area contributed by atoms with Crippen LogP contribution in [0.1, 0.15) is 13.8 Å². The number of hydrogen-bond acceptors (Lipinski definition) is 2. The van der Waals surface area contributed by atoms with Crippen LogP contribution in [-0.4, -0.2) is 13.2 Å². The van der Waals surface area contributed by atoms with Crippen molar-refractivity contribution in [2.24, 2.45) is 0 Å². The van der Waals surface area contributed by atoms with Crippen LogP contribution in [0.4, 0.5) is 0 Å². The van der Waals surface area contributed by atoms with Gasteiger partial charge < -0.3 is 0 Å². The third-order valence-electron chi connectivity index (χ3n) is 0.625. The summed E-state index contributed by atoms with van der Waals surface area (Å²) in [5.74, 6) is 0. The van der Waals surface area contributed by atoms with E-state index in [1.54, 1.807) is 0 Å². The molecule has 0 rings (SSSR count). The Bertz CT molecular complexity index is 71.0. The molecule has 0 radical (unpaired) electrons. The van der Waals surface area contributed by atoms with Crippen molar-refractivity contribution in [2.45, 2.75) is 13.8 Å². The van der Waals surface area contributed by atoms with Crippen LogP contribution in [0.2, 0.25) is 0 Å². The first kappa shape index (κ1) is 10.8. The summed E-state index contributed by atoms with van der Waals surface area (Å²) in [6.07, 6.45) is 0. The molecule has 0 heterocycles. The van der Waals surface area contributed by atoms with Gasteiger partial charge in [0.05, 0.1) is 0 Å². The van der Waals surface area contributed by atoms with Gasteiger partial charge in [-0.15, -0.1) is 0 Å². The molecule has 5 heteroatoms.